The minimum Gasteiger partial charge on any atom is -0.507 e. The van der Waals surface area contributed by atoms with Crippen molar-refractivity contribution < 1.29 is 19.4 Å². The van der Waals surface area contributed by atoms with E-state index in [1.807, 2.05) is 18.2 Å². The van der Waals surface area contributed by atoms with Crippen molar-refractivity contribution in [2.75, 3.05) is 33.4 Å². The lowest BCUT2D eigenvalue weighted by Crippen LogP contribution is -2.36. The van der Waals surface area contributed by atoms with Crippen LogP contribution in [0.4, 0.5) is 0 Å². The van der Waals surface area contributed by atoms with Crippen LogP contribution in [0, 0.1) is 0 Å². The van der Waals surface area contributed by atoms with Crippen LogP contribution in [-0.2, 0) is 17.8 Å². The molecule has 1 saturated heterocycles. The molecule has 6 nitrogen and oxygen atoms in total. The molecule has 1 fully saturated rings. The molecule has 1 amide bonds. The Kier molecular flexibility index (Phi) is 6.09. The number of benzene rings is 2. The van der Waals surface area contributed by atoms with E-state index in [2.05, 4.69) is 16.3 Å². The first-order valence-electron chi connectivity index (χ1n) is 8.69. The number of phenols is 1. The number of nitrogens with zero attached hydrogens (tertiary/aromatic N) is 1. The number of hydrogen-bond donors (Lipinski definition) is 2. The topological polar surface area (TPSA) is 71.0 Å². The third-order valence-corrected chi connectivity index (χ3v) is 4.50. The lowest BCUT2D eigenvalue weighted by Gasteiger charge is -2.27. The van der Waals surface area contributed by atoms with Crippen LogP contribution in [0.1, 0.15) is 21.5 Å². The Bertz CT molecular complexity index is 757. The number of carbonyl (C=O) groups excluding carboxylic acids is 1. The molecule has 2 aromatic carbocycles. The van der Waals surface area contributed by atoms with E-state index in [4.69, 9.17) is 9.47 Å². The Balaban J connectivity index is 1.65. The largest absolute Gasteiger partial charge is 0.507 e. The molecule has 3 rings (SSSR count). The molecule has 1 aliphatic rings. The monoisotopic (exact) mass is 356 g/mol. The summed E-state index contributed by atoms with van der Waals surface area (Å²) in [6.07, 6.45) is 0. The number of carbonyl (C=O) groups is 1. The van der Waals surface area contributed by atoms with Gasteiger partial charge in [0.25, 0.3) is 5.91 Å². The number of rotatable bonds is 6. The normalized spacial score (nSPS) is 14.8. The predicted molar refractivity (Wildman–Crippen MR) is 98.4 cm³/mol. The van der Waals surface area contributed by atoms with E-state index in [0.717, 1.165) is 38.4 Å². The SMILES string of the molecule is COc1ccc(C(=O)NCc2ccccc2CN2CCOCC2)c(O)c1. The summed E-state index contributed by atoms with van der Waals surface area (Å²) in [4.78, 5) is 14.7. The molecule has 26 heavy (non-hydrogen) atoms. The smallest absolute Gasteiger partial charge is 0.255 e. The van der Waals surface area contributed by atoms with Crippen molar-refractivity contribution in [2.45, 2.75) is 13.1 Å². The van der Waals surface area contributed by atoms with Gasteiger partial charge in [0, 0.05) is 32.2 Å². The fourth-order valence-electron chi connectivity index (χ4n) is 2.99. The van der Waals surface area contributed by atoms with E-state index >= 15 is 0 Å². The van der Waals surface area contributed by atoms with Crippen LogP contribution >= 0.6 is 0 Å². The molecule has 0 unspecified atom stereocenters. The van der Waals surface area contributed by atoms with Crippen LogP contribution < -0.4 is 10.1 Å². The summed E-state index contributed by atoms with van der Waals surface area (Å²) in [5, 5.41) is 12.9. The maximum Gasteiger partial charge on any atom is 0.255 e. The van der Waals surface area contributed by atoms with E-state index in [0.29, 0.717) is 12.3 Å². The molecule has 1 heterocycles. The maximum atomic E-state index is 12.4. The van der Waals surface area contributed by atoms with Gasteiger partial charge in [0.05, 0.1) is 25.9 Å². The van der Waals surface area contributed by atoms with Crippen LogP contribution in [0.25, 0.3) is 0 Å². The fraction of sp³-hybridized carbons (Fsp3) is 0.350. The highest BCUT2D eigenvalue weighted by molar-refractivity contribution is 5.96. The number of methoxy groups -OCH3 is 1. The Morgan fingerprint density at radius 3 is 2.62 bits per heavy atom. The van der Waals surface area contributed by atoms with E-state index in [-0.39, 0.29) is 17.2 Å². The van der Waals surface area contributed by atoms with Gasteiger partial charge in [-0.05, 0) is 23.3 Å². The van der Waals surface area contributed by atoms with Crippen molar-refractivity contribution in [2.24, 2.45) is 0 Å². The molecule has 0 atom stereocenters. The van der Waals surface area contributed by atoms with Gasteiger partial charge in [-0.3, -0.25) is 9.69 Å². The van der Waals surface area contributed by atoms with Gasteiger partial charge in [0.15, 0.2) is 0 Å². The highest BCUT2D eigenvalue weighted by Crippen LogP contribution is 2.23. The highest BCUT2D eigenvalue weighted by atomic mass is 16.5. The van der Waals surface area contributed by atoms with Gasteiger partial charge in [-0.1, -0.05) is 24.3 Å². The van der Waals surface area contributed by atoms with Crippen molar-refractivity contribution in [1.82, 2.24) is 10.2 Å². The van der Waals surface area contributed by atoms with Gasteiger partial charge in [-0.15, -0.1) is 0 Å². The zero-order valence-corrected chi connectivity index (χ0v) is 14.9. The van der Waals surface area contributed by atoms with Gasteiger partial charge in [0.1, 0.15) is 11.5 Å². The molecule has 0 aromatic heterocycles. The minimum absolute atomic E-state index is 0.0940. The summed E-state index contributed by atoms with van der Waals surface area (Å²) in [5.74, 6) is 0.102. The molecular formula is C20H24N2O4. The van der Waals surface area contributed by atoms with Crippen molar-refractivity contribution in [1.29, 1.82) is 0 Å². The van der Waals surface area contributed by atoms with Crippen LogP contribution in [0.3, 0.4) is 0 Å². The second-order valence-electron chi connectivity index (χ2n) is 6.22. The number of hydrogen-bond acceptors (Lipinski definition) is 5. The Labute approximate surface area is 153 Å². The third kappa shape index (κ3) is 4.53. The number of aromatic hydroxyl groups is 1. The lowest BCUT2D eigenvalue weighted by atomic mass is 10.1. The van der Waals surface area contributed by atoms with Crippen molar-refractivity contribution in [3.8, 4) is 11.5 Å². The molecule has 0 saturated carbocycles. The number of amides is 1. The van der Waals surface area contributed by atoms with Gasteiger partial charge in [-0.2, -0.15) is 0 Å². The summed E-state index contributed by atoms with van der Waals surface area (Å²) in [6, 6.07) is 12.7. The van der Waals surface area contributed by atoms with Gasteiger partial charge < -0.3 is 19.9 Å². The molecule has 138 valence electrons. The molecule has 2 aromatic rings. The Morgan fingerprint density at radius 2 is 1.92 bits per heavy atom. The van der Waals surface area contributed by atoms with Crippen molar-refractivity contribution in [3.63, 3.8) is 0 Å². The summed E-state index contributed by atoms with van der Waals surface area (Å²) < 4.78 is 10.4. The van der Waals surface area contributed by atoms with Gasteiger partial charge >= 0.3 is 0 Å². The zero-order chi connectivity index (χ0) is 18.4. The first-order valence-corrected chi connectivity index (χ1v) is 8.69. The summed E-state index contributed by atoms with van der Waals surface area (Å²) in [7, 11) is 1.51. The number of ether oxygens (including phenoxy) is 2. The van der Waals surface area contributed by atoms with Crippen LogP contribution in [0.15, 0.2) is 42.5 Å². The van der Waals surface area contributed by atoms with E-state index < -0.39 is 0 Å². The summed E-state index contributed by atoms with van der Waals surface area (Å²) in [5.41, 5.74) is 2.49. The van der Waals surface area contributed by atoms with Gasteiger partial charge in [0.2, 0.25) is 0 Å². The van der Waals surface area contributed by atoms with E-state index in [1.54, 1.807) is 12.1 Å². The molecule has 0 spiro atoms. The standard InChI is InChI=1S/C20H24N2O4/c1-25-17-6-7-18(19(23)12-17)20(24)21-13-15-4-2-3-5-16(15)14-22-8-10-26-11-9-22/h2-7,12,23H,8-11,13-14H2,1H3,(H,21,24). The van der Waals surface area contributed by atoms with E-state index in [1.165, 1.54) is 18.7 Å². The number of morpholine rings is 1. The molecular weight excluding hydrogens is 332 g/mol. The quantitative estimate of drug-likeness (QED) is 0.830. The summed E-state index contributed by atoms with van der Waals surface area (Å²) >= 11 is 0. The average molecular weight is 356 g/mol. The Morgan fingerprint density at radius 1 is 1.19 bits per heavy atom. The Hall–Kier alpha value is -2.57. The molecule has 2 N–H and O–H groups in total. The molecule has 0 bridgehead atoms. The maximum absolute atomic E-state index is 12.4. The minimum atomic E-state index is -0.314. The lowest BCUT2D eigenvalue weighted by molar-refractivity contribution is 0.0340. The van der Waals surface area contributed by atoms with Crippen molar-refractivity contribution in [3.05, 3.63) is 59.2 Å². The predicted octanol–water partition coefficient (Wildman–Crippen LogP) is 2.16. The molecule has 0 radical (unpaired) electrons. The van der Waals surface area contributed by atoms with Crippen LogP contribution in [-0.4, -0.2) is 49.3 Å². The second-order valence-corrected chi connectivity index (χ2v) is 6.22. The number of phenolic OH excluding ortho intramolecular Hbond substituents is 1. The third-order valence-electron chi connectivity index (χ3n) is 4.50. The first-order chi connectivity index (χ1) is 12.7. The second kappa shape index (κ2) is 8.69. The summed E-state index contributed by atoms with van der Waals surface area (Å²) in [6.45, 7) is 4.60. The van der Waals surface area contributed by atoms with Crippen LogP contribution in [0.2, 0.25) is 0 Å². The zero-order valence-electron chi connectivity index (χ0n) is 14.9. The highest BCUT2D eigenvalue weighted by Gasteiger charge is 2.15. The van der Waals surface area contributed by atoms with Gasteiger partial charge in [-0.25, -0.2) is 0 Å². The molecule has 1 aliphatic heterocycles. The number of nitrogens with one attached hydrogen (secondary N) is 1. The molecule has 6 heteroatoms. The average Bonchev–Trinajstić information content (AvgIpc) is 2.67. The molecule has 0 aliphatic carbocycles. The van der Waals surface area contributed by atoms with E-state index in [9.17, 15) is 9.90 Å². The van der Waals surface area contributed by atoms with Crippen molar-refractivity contribution >= 4 is 5.91 Å². The van der Waals surface area contributed by atoms with Crippen LogP contribution in [0.5, 0.6) is 11.5 Å². The fourth-order valence-corrected chi connectivity index (χ4v) is 2.99. The first kappa shape index (κ1) is 18.2.